The Kier molecular flexibility index (Phi) is 6.80. The van der Waals surface area contributed by atoms with Gasteiger partial charge in [0.2, 0.25) is 5.95 Å². The molecule has 0 aliphatic carbocycles. The third-order valence-electron chi connectivity index (χ3n) is 6.82. The standard InChI is InChI=1S/C25H27ClF2N6O/c26-19-5-6-20-18(4-3-9-29-20)22(19)23(35)30-16-21(33-12-7-25(27,28)8-13-33)17-14-31-24(32-15-17)34-10-1-2-11-34/h3-6,9,14-15,21H,1-2,7-8,10-13,16H2,(H,30,35). The van der Waals surface area contributed by atoms with Crippen LogP contribution >= 0.6 is 11.6 Å². The van der Waals surface area contributed by atoms with Gasteiger partial charge in [-0.1, -0.05) is 17.7 Å². The molecule has 2 saturated heterocycles. The number of carbonyl (C=O) groups excluding carboxylic acids is 1. The summed E-state index contributed by atoms with van der Waals surface area (Å²) in [4.78, 5) is 30.7. The van der Waals surface area contributed by atoms with E-state index in [2.05, 4.69) is 25.2 Å². The van der Waals surface area contributed by atoms with Crippen molar-refractivity contribution >= 4 is 34.4 Å². The molecule has 5 rings (SSSR count). The number of amides is 1. The van der Waals surface area contributed by atoms with Gasteiger partial charge in [-0.25, -0.2) is 18.7 Å². The first-order valence-electron chi connectivity index (χ1n) is 11.9. The number of nitrogens with zero attached hydrogens (tertiary/aromatic N) is 5. The van der Waals surface area contributed by atoms with Gasteiger partial charge >= 0.3 is 0 Å². The fraction of sp³-hybridized carbons (Fsp3) is 0.440. The Bertz CT molecular complexity index is 1190. The van der Waals surface area contributed by atoms with Crippen molar-refractivity contribution in [1.29, 1.82) is 0 Å². The van der Waals surface area contributed by atoms with Crippen LogP contribution in [0.25, 0.3) is 10.9 Å². The monoisotopic (exact) mass is 500 g/mol. The van der Waals surface area contributed by atoms with E-state index in [1.54, 1.807) is 42.9 Å². The highest BCUT2D eigenvalue weighted by Crippen LogP contribution is 2.32. The summed E-state index contributed by atoms with van der Waals surface area (Å²) in [5.41, 5.74) is 1.80. The number of anilines is 1. The molecule has 10 heteroatoms. The van der Waals surface area contributed by atoms with Crippen LogP contribution in [0.5, 0.6) is 0 Å². The topological polar surface area (TPSA) is 74.2 Å². The van der Waals surface area contributed by atoms with E-state index in [1.807, 2.05) is 4.90 Å². The largest absolute Gasteiger partial charge is 0.350 e. The minimum absolute atomic E-state index is 0.212. The Labute approximate surface area is 207 Å². The summed E-state index contributed by atoms with van der Waals surface area (Å²) >= 11 is 6.38. The highest BCUT2D eigenvalue weighted by atomic mass is 35.5. The summed E-state index contributed by atoms with van der Waals surface area (Å²) < 4.78 is 27.7. The lowest BCUT2D eigenvalue weighted by Gasteiger charge is -2.37. The minimum atomic E-state index is -2.66. The zero-order valence-corrected chi connectivity index (χ0v) is 20.0. The minimum Gasteiger partial charge on any atom is -0.350 e. The summed E-state index contributed by atoms with van der Waals surface area (Å²) in [6, 6.07) is 6.64. The van der Waals surface area contributed by atoms with E-state index in [1.165, 1.54) is 0 Å². The predicted molar refractivity (Wildman–Crippen MR) is 131 cm³/mol. The number of aromatic nitrogens is 3. The van der Waals surface area contributed by atoms with E-state index in [0.717, 1.165) is 31.5 Å². The molecule has 1 atom stereocenters. The van der Waals surface area contributed by atoms with Gasteiger partial charge in [-0.05, 0) is 31.0 Å². The first kappa shape index (κ1) is 23.8. The van der Waals surface area contributed by atoms with Gasteiger partial charge < -0.3 is 10.2 Å². The van der Waals surface area contributed by atoms with Crippen LogP contribution in [0.2, 0.25) is 5.02 Å². The van der Waals surface area contributed by atoms with Gasteiger partial charge in [0.15, 0.2) is 0 Å². The lowest BCUT2D eigenvalue weighted by atomic mass is 10.0. The molecule has 0 radical (unpaired) electrons. The Morgan fingerprint density at radius 1 is 1.06 bits per heavy atom. The van der Waals surface area contributed by atoms with E-state index in [0.29, 0.717) is 27.4 Å². The molecule has 1 N–H and O–H groups in total. The Morgan fingerprint density at radius 2 is 1.77 bits per heavy atom. The number of halogens is 3. The van der Waals surface area contributed by atoms with Gasteiger partial charge in [0.05, 0.1) is 22.1 Å². The lowest BCUT2D eigenvalue weighted by Crippen LogP contribution is -2.45. The normalized spacial score (nSPS) is 19.1. The molecule has 1 unspecified atom stereocenters. The number of hydrogen-bond acceptors (Lipinski definition) is 6. The Balaban J connectivity index is 1.37. The number of pyridine rings is 1. The van der Waals surface area contributed by atoms with Crippen LogP contribution in [-0.2, 0) is 0 Å². The first-order valence-corrected chi connectivity index (χ1v) is 12.3. The Hall–Kier alpha value is -2.91. The third-order valence-corrected chi connectivity index (χ3v) is 7.13. The van der Waals surface area contributed by atoms with Gasteiger partial charge in [0, 0.05) is 75.1 Å². The smallest absolute Gasteiger partial charge is 0.253 e. The van der Waals surface area contributed by atoms with Crippen LogP contribution in [-0.4, -0.2) is 64.4 Å². The molecule has 1 aromatic carbocycles. The number of carbonyl (C=O) groups is 1. The molecule has 35 heavy (non-hydrogen) atoms. The molecular formula is C25H27ClF2N6O. The number of piperidine rings is 1. The number of rotatable bonds is 6. The molecule has 0 spiro atoms. The summed E-state index contributed by atoms with van der Waals surface area (Å²) in [7, 11) is 0. The highest BCUT2D eigenvalue weighted by molar-refractivity contribution is 6.35. The number of benzene rings is 1. The maximum atomic E-state index is 13.9. The number of fused-ring (bicyclic) bond motifs is 1. The zero-order valence-electron chi connectivity index (χ0n) is 19.3. The van der Waals surface area contributed by atoms with Crippen molar-refractivity contribution in [2.24, 2.45) is 0 Å². The second-order valence-corrected chi connectivity index (χ2v) is 9.53. The third kappa shape index (κ3) is 5.21. The van der Waals surface area contributed by atoms with Crippen LogP contribution in [0.1, 0.15) is 47.6 Å². The van der Waals surface area contributed by atoms with Crippen molar-refractivity contribution in [2.45, 2.75) is 37.6 Å². The fourth-order valence-electron chi connectivity index (χ4n) is 4.84. The molecule has 2 fully saturated rings. The van der Waals surface area contributed by atoms with Crippen molar-refractivity contribution in [3.8, 4) is 0 Å². The molecule has 1 amide bonds. The van der Waals surface area contributed by atoms with Gasteiger partial charge in [0.25, 0.3) is 11.8 Å². The number of hydrogen-bond donors (Lipinski definition) is 1. The SMILES string of the molecule is O=C(NCC(c1cnc(N2CCCC2)nc1)N1CCC(F)(F)CC1)c1c(Cl)ccc2ncccc12. The average molecular weight is 501 g/mol. The second-order valence-electron chi connectivity index (χ2n) is 9.12. The second kappa shape index (κ2) is 9.99. The van der Waals surface area contributed by atoms with Crippen molar-refractivity contribution < 1.29 is 13.6 Å². The van der Waals surface area contributed by atoms with E-state index >= 15 is 0 Å². The van der Waals surface area contributed by atoms with Crippen LogP contribution in [0.4, 0.5) is 14.7 Å². The van der Waals surface area contributed by atoms with Crippen molar-refractivity contribution in [2.75, 3.05) is 37.6 Å². The maximum Gasteiger partial charge on any atom is 0.253 e. The van der Waals surface area contributed by atoms with Crippen LogP contribution in [0, 0.1) is 0 Å². The molecule has 2 aliphatic heterocycles. The number of alkyl halides is 2. The quantitative estimate of drug-likeness (QED) is 0.538. The van der Waals surface area contributed by atoms with Crippen LogP contribution in [0.3, 0.4) is 0 Å². The maximum absolute atomic E-state index is 13.9. The molecule has 184 valence electrons. The van der Waals surface area contributed by atoms with E-state index in [4.69, 9.17) is 11.6 Å². The Morgan fingerprint density at radius 3 is 2.49 bits per heavy atom. The molecule has 2 aromatic heterocycles. The summed E-state index contributed by atoms with van der Waals surface area (Å²) in [5.74, 6) is -2.33. The van der Waals surface area contributed by atoms with Crippen molar-refractivity contribution in [1.82, 2.24) is 25.2 Å². The lowest BCUT2D eigenvalue weighted by molar-refractivity contribution is -0.0632. The van der Waals surface area contributed by atoms with Crippen LogP contribution in [0.15, 0.2) is 42.9 Å². The molecule has 7 nitrogen and oxygen atoms in total. The average Bonchev–Trinajstić information content (AvgIpc) is 3.40. The van der Waals surface area contributed by atoms with Crippen molar-refractivity contribution in [3.63, 3.8) is 0 Å². The summed E-state index contributed by atoms with van der Waals surface area (Å²) in [6.07, 6.45) is 6.96. The molecule has 0 saturated carbocycles. The van der Waals surface area contributed by atoms with Gasteiger partial charge in [-0.15, -0.1) is 0 Å². The van der Waals surface area contributed by atoms with Crippen LogP contribution < -0.4 is 10.2 Å². The predicted octanol–water partition coefficient (Wildman–Crippen LogP) is 4.48. The molecular weight excluding hydrogens is 474 g/mol. The van der Waals surface area contributed by atoms with Gasteiger partial charge in [0.1, 0.15) is 0 Å². The van der Waals surface area contributed by atoms with Crippen molar-refractivity contribution in [3.05, 3.63) is 59.0 Å². The molecule has 0 bridgehead atoms. The molecule has 2 aliphatic rings. The summed E-state index contributed by atoms with van der Waals surface area (Å²) in [5, 5.41) is 3.96. The highest BCUT2D eigenvalue weighted by Gasteiger charge is 2.37. The van der Waals surface area contributed by atoms with E-state index in [9.17, 15) is 13.6 Å². The van der Waals surface area contributed by atoms with E-state index < -0.39 is 5.92 Å². The van der Waals surface area contributed by atoms with Gasteiger partial charge in [-0.2, -0.15) is 0 Å². The molecule has 3 aromatic rings. The first-order chi connectivity index (χ1) is 16.9. The number of likely N-dealkylation sites (tertiary alicyclic amines) is 1. The zero-order chi connectivity index (χ0) is 24.4. The summed E-state index contributed by atoms with van der Waals surface area (Å²) in [6.45, 7) is 2.52. The van der Waals surface area contributed by atoms with E-state index in [-0.39, 0.29) is 44.4 Å². The number of nitrogens with one attached hydrogen (secondary N) is 1. The van der Waals surface area contributed by atoms with Gasteiger partial charge in [-0.3, -0.25) is 14.7 Å². The molecule has 4 heterocycles. The fourth-order valence-corrected chi connectivity index (χ4v) is 5.09.